The summed E-state index contributed by atoms with van der Waals surface area (Å²) in [7, 11) is 0. The number of fused-ring (bicyclic) bond motifs is 2. The predicted octanol–water partition coefficient (Wildman–Crippen LogP) is 2.20. The minimum atomic E-state index is 0. The molecular weight excluding hydrogens is 297 g/mol. The summed E-state index contributed by atoms with van der Waals surface area (Å²) in [6.45, 7) is 3.60. The van der Waals surface area contributed by atoms with Crippen molar-refractivity contribution in [3.63, 3.8) is 0 Å². The second-order valence-electron chi connectivity index (χ2n) is 5.31. The van der Waals surface area contributed by atoms with E-state index in [0.717, 1.165) is 30.8 Å². The number of rotatable bonds is 1. The van der Waals surface area contributed by atoms with Crippen molar-refractivity contribution >= 4 is 30.7 Å². The third-order valence-corrected chi connectivity index (χ3v) is 4.05. The number of aromatic nitrogens is 1. The van der Waals surface area contributed by atoms with Crippen molar-refractivity contribution in [1.29, 1.82) is 0 Å². The highest BCUT2D eigenvalue weighted by atomic mass is 35.5. The molecule has 2 aliphatic heterocycles. The molecule has 2 atom stereocenters. The molecule has 3 rings (SSSR count). The van der Waals surface area contributed by atoms with Gasteiger partial charge in [0.25, 0.3) is 5.91 Å². The lowest BCUT2D eigenvalue weighted by atomic mass is 10.1. The van der Waals surface area contributed by atoms with Crippen LogP contribution in [0.25, 0.3) is 0 Å². The predicted molar refractivity (Wildman–Crippen MR) is 83.9 cm³/mol. The number of hydrogen-bond acceptors (Lipinski definition) is 3. The van der Waals surface area contributed by atoms with E-state index in [1.807, 2.05) is 24.0 Å². The fraction of sp³-hybridized carbons (Fsp3) is 0.571. The fourth-order valence-electron chi connectivity index (χ4n) is 3.01. The van der Waals surface area contributed by atoms with Gasteiger partial charge in [-0.25, -0.2) is 0 Å². The average Bonchev–Trinajstić information content (AvgIpc) is 2.69. The summed E-state index contributed by atoms with van der Waals surface area (Å²) < 4.78 is 0. The van der Waals surface area contributed by atoms with Crippen LogP contribution in [0.5, 0.6) is 0 Å². The van der Waals surface area contributed by atoms with Gasteiger partial charge < -0.3 is 10.2 Å². The molecule has 1 aromatic rings. The highest BCUT2D eigenvalue weighted by molar-refractivity contribution is 5.95. The van der Waals surface area contributed by atoms with Crippen LogP contribution < -0.4 is 5.32 Å². The van der Waals surface area contributed by atoms with Gasteiger partial charge in [0.05, 0.1) is 5.56 Å². The molecule has 2 bridgehead atoms. The molecule has 0 aromatic carbocycles. The Bertz CT molecular complexity index is 469. The molecule has 0 saturated carbocycles. The van der Waals surface area contributed by atoms with E-state index in [0.29, 0.717) is 12.1 Å². The molecular formula is C14H21Cl2N3O. The normalized spacial score (nSPS) is 24.4. The minimum absolute atomic E-state index is 0. The molecule has 6 heteroatoms. The first-order valence-corrected chi connectivity index (χ1v) is 6.71. The van der Waals surface area contributed by atoms with E-state index in [1.54, 1.807) is 6.20 Å². The Morgan fingerprint density at radius 1 is 1.30 bits per heavy atom. The first-order valence-electron chi connectivity index (χ1n) is 6.71. The summed E-state index contributed by atoms with van der Waals surface area (Å²) in [5.41, 5.74) is 1.57. The van der Waals surface area contributed by atoms with E-state index in [4.69, 9.17) is 0 Å². The van der Waals surface area contributed by atoms with E-state index in [2.05, 4.69) is 10.3 Å². The van der Waals surface area contributed by atoms with Gasteiger partial charge in [0.15, 0.2) is 0 Å². The maximum atomic E-state index is 12.5. The smallest absolute Gasteiger partial charge is 0.255 e. The standard InChI is InChI=1S/C14H19N3O.2ClH/c1-10-13(3-2-7-15-10)14(18)17-8-6-11-4-5-12(9-17)16-11;;/h2-3,7,11-12,16H,4-6,8-9H2,1H3;2*1H. The Kier molecular flexibility index (Phi) is 6.24. The monoisotopic (exact) mass is 317 g/mol. The number of pyridine rings is 1. The Balaban J connectivity index is 0.000001000. The molecule has 2 saturated heterocycles. The molecule has 0 aliphatic carbocycles. The fourth-order valence-corrected chi connectivity index (χ4v) is 3.01. The summed E-state index contributed by atoms with van der Waals surface area (Å²) >= 11 is 0. The van der Waals surface area contributed by atoms with Crippen LogP contribution in [0.15, 0.2) is 18.3 Å². The molecule has 112 valence electrons. The van der Waals surface area contributed by atoms with Crippen molar-refractivity contribution < 1.29 is 4.79 Å². The Morgan fingerprint density at radius 2 is 2.05 bits per heavy atom. The van der Waals surface area contributed by atoms with Crippen molar-refractivity contribution in [2.45, 2.75) is 38.3 Å². The van der Waals surface area contributed by atoms with Crippen LogP contribution in [-0.2, 0) is 0 Å². The molecule has 1 aromatic heterocycles. The summed E-state index contributed by atoms with van der Waals surface area (Å²) in [6.07, 6.45) is 5.26. The van der Waals surface area contributed by atoms with E-state index >= 15 is 0 Å². The number of amides is 1. The second kappa shape index (κ2) is 7.25. The van der Waals surface area contributed by atoms with Gasteiger partial charge in [-0.2, -0.15) is 0 Å². The first kappa shape index (κ1) is 17.2. The molecule has 2 unspecified atom stereocenters. The van der Waals surface area contributed by atoms with Gasteiger partial charge in [-0.1, -0.05) is 0 Å². The zero-order valence-electron chi connectivity index (χ0n) is 11.5. The molecule has 1 N–H and O–H groups in total. The van der Waals surface area contributed by atoms with Gasteiger partial charge >= 0.3 is 0 Å². The van der Waals surface area contributed by atoms with Gasteiger partial charge in [-0.15, -0.1) is 24.8 Å². The maximum Gasteiger partial charge on any atom is 0.255 e. The molecule has 2 fully saturated rings. The third-order valence-electron chi connectivity index (χ3n) is 4.05. The SMILES string of the molecule is Cc1ncccc1C(=O)N1CCC2CCC(C1)N2.Cl.Cl. The number of nitrogens with zero attached hydrogens (tertiary/aromatic N) is 2. The lowest BCUT2D eigenvalue weighted by Gasteiger charge is -2.24. The molecule has 0 spiro atoms. The lowest BCUT2D eigenvalue weighted by Crippen LogP contribution is -2.39. The Labute approximate surface area is 132 Å². The Morgan fingerprint density at radius 3 is 2.80 bits per heavy atom. The van der Waals surface area contributed by atoms with E-state index in [-0.39, 0.29) is 30.7 Å². The summed E-state index contributed by atoms with van der Waals surface area (Å²) in [6, 6.07) is 4.81. The van der Waals surface area contributed by atoms with Crippen molar-refractivity contribution in [3.05, 3.63) is 29.6 Å². The second-order valence-corrected chi connectivity index (χ2v) is 5.31. The summed E-state index contributed by atoms with van der Waals surface area (Å²) in [5.74, 6) is 0.134. The van der Waals surface area contributed by atoms with Crippen LogP contribution in [0.2, 0.25) is 0 Å². The van der Waals surface area contributed by atoms with Gasteiger partial charge in [0, 0.05) is 37.1 Å². The number of halogens is 2. The number of carbonyl (C=O) groups excluding carboxylic acids is 1. The third kappa shape index (κ3) is 3.43. The Hall–Kier alpha value is -0.840. The van der Waals surface area contributed by atoms with Crippen LogP contribution in [0.3, 0.4) is 0 Å². The summed E-state index contributed by atoms with van der Waals surface area (Å²) in [5, 5.41) is 3.59. The van der Waals surface area contributed by atoms with E-state index in [9.17, 15) is 4.79 Å². The van der Waals surface area contributed by atoms with Crippen LogP contribution in [0.1, 0.15) is 35.3 Å². The minimum Gasteiger partial charge on any atom is -0.337 e. The van der Waals surface area contributed by atoms with Gasteiger partial charge in [0.1, 0.15) is 0 Å². The highest BCUT2D eigenvalue weighted by Crippen LogP contribution is 2.21. The van der Waals surface area contributed by atoms with E-state index < -0.39 is 0 Å². The van der Waals surface area contributed by atoms with Gasteiger partial charge in [-0.05, 0) is 38.3 Å². The number of nitrogens with one attached hydrogen (secondary N) is 1. The topological polar surface area (TPSA) is 45.2 Å². The van der Waals surface area contributed by atoms with Crippen LogP contribution in [-0.4, -0.2) is 41.0 Å². The first-order chi connectivity index (χ1) is 8.74. The van der Waals surface area contributed by atoms with Crippen LogP contribution in [0, 0.1) is 6.92 Å². The van der Waals surface area contributed by atoms with Gasteiger partial charge in [-0.3, -0.25) is 9.78 Å². The van der Waals surface area contributed by atoms with Crippen molar-refractivity contribution in [1.82, 2.24) is 15.2 Å². The molecule has 2 aliphatic rings. The molecule has 20 heavy (non-hydrogen) atoms. The number of aryl methyl sites for hydroxylation is 1. The molecule has 0 radical (unpaired) electrons. The lowest BCUT2D eigenvalue weighted by molar-refractivity contribution is 0.0747. The molecule has 3 heterocycles. The van der Waals surface area contributed by atoms with Crippen LogP contribution in [0.4, 0.5) is 0 Å². The molecule has 1 amide bonds. The summed E-state index contributed by atoms with van der Waals surface area (Å²) in [4.78, 5) is 18.7. The largest absolute Gasteiger partial charge is 0.337 e. The van der Waals surface area contributed by atoms with Crippen molar-refractivity contribution in [2.75, 3.05) is 13.1 Å². The number of hydrogen-bond donors (Lipinski definition) is 1. The number of likely N-dealkylation sites (tertiary alicyclic amines) is 1. The zero-order chi connectivity index (χ0) is 12.5. The van der Waals surface area contributed by atoms with Crippen molar-refractivity contribution in [3.8, 4) is 0 Å². The maximum absolute atomic E-state index is 12.5. The van der Waals surface area contributed by atoms with Crippen LogP contribution >= 0.6 is 24.8 Å². The van der Waals surface area contributed by atoms with Gasteiger partial charge in [0.2, 0.25) is 0 Å². The average molecular weight is 318 g/mol. The quantitative estimate of drug-likeness (QED) is 0.863. The zero-order valence-corrected chi connectivity index (χ0v) is 13.2. The number of carbonyl (C=O) groups is 1. The molecule has 4 nitrogen and oxygen atoms in total. The van der Waals surface area contributed by atoms with Crippen molar-refractivity contribution in [2.24, 2.45) is 0 Å². The highest BCUT2D eigenvalue weighted by Gasteiger charge is 2.31. The van der Waals surface area contributed by atoms with E-state index in [1.165, 1.54) is 12.8 Å².